The van der Waals surface area contributed by atoms with Gasteiger partial charge in [0.15, 0.2) is 0 Å². The molecule has 1 atom stereocenters. The van der Waals surface area contributed by atoms with Crippen LogP contribution in [0.25, 0.3) is 0 Å². The number of aliphatic hydroxyl groups is 1. The van der Waals surface area contributed by atoms with Gasteiger partial charge in [0.05, 0.1) is 12.1 Å². The summed E-state index contributed by atoms with van der Waals surface area (Å²) in [5, 5.41) is 13.3. The van der Waals surface area contributed by atoms with Crippen LogP contribution in [0.1, 0.15) is 58.8 Å². The lowest BCUT2D eigenvalue weighted by atomic mass is 9.83. The zero-order chi connectivity index (χ0) is 13.9. The maximum atomic E-state index is 9.70. The fraction of sp³-hybridized carbons (Fsp3) is 1.00. The van der Waals surface area contributed by atoms with Gasteiger partial charge in [-0.05, 0) is 58.4 Å². The number of likely N-dealkylation sites (N-methyl/N-ethyl adjacent to an activating group) is 1. The molecule has 2 N–H and O–H groups in total. The summed E-state index contributed by atoms with van der Waals surface area (Å²) >= 11 is 0. The van der Waals surface area contributed by atoms with Crippen molar-refractivity contribution in [2.24, 2.45) is 5.92 Å². The van der Waals surface area contributed by atoms with Crippen LogP contribution < -0.4 is 5.32 Å². The number of nitrogens with zero attached hydrogens (tertiary/aromatic N) is 1. The molecule has 2 fully saturated rings. The Balaban J connectivity index is 1.80. The third-order valence-electron chi connectivity index (χ3n) is 5.09. The second-order valence-electron chi connectivity index (χ2n) is 7.14. The molecule has 0 aromatic heterocycles. The van der Waals surface area contributed by atoms with Gasteiger partial charge in [0.2, 0.25) is 0 Å². The first-order valence-electron chi connectivity index (χ1n) is 8.15. The molecular formula is C16H32N2O. The fourth-order valence-corrected chi connectivity index (χ4v) is 3.54. The highest BCUT2D eigenvalue weighted by Gasteiger charge is 2.34. The third kappa shape index (κ3) is 4.44. The Bertz CT molecular complexity index is 272. The Labute approximate surface area is 118 Å². The van der Waals surface area contributed by atoms with E-state index in [-0.39, 0.29) is 12.1 Å². The predicted molar refractivity (Wildman–Crippen MR) is 80.3 cm³/mol. The van der Waals surface area contributed by atoms with E-state index in [0.717, 1.165) is 18.5 Å². The van der Waals surface area contributed by atoms with Crippen molar-refractivity contribution in [3.63, 3.8) is 0 Å². The van der Waals surface area contributed by atoms with Crippen LogP contribution in [0.4, 0.5) is 0 Å². The van der Waals surface area contributed by atoms with E-state index in [2.05, 4.69) is 31.1 Å². The maximum Gasteiger partial charge on any atom is 0.0623 e. The zero-order valence-electron chi connectivity index (χ0n) is 13.0. The second-order valence-corrected chi connectivity index (χ2v) is 7.14. The van der Waals surface area contributed by atoms with E-state index in [1.165, 1.54) is 44.9 Å². The Morgan fingerprint density at radius 1 is 1.16 bits per heavy atom. The molecule has 1 unspecified atom stereocenters. The summed E-state index contributed by atoms with van der Waals surface area (Å²) in [6.45, 7) is 5.68. The first-order valence-corrected chi connectivity index (χ1v) is 8.15. The van der Waals surface area contributed by atoms with Crippen molar-refractivity contribution in [3.05, 3.63) is 0 Å². The lowest BCUT2D eigenvalue weighted by Gasteiger charge is -2.40. The maximum absolute atomic E-state index is 9.70. The highest BCUT2D eigenvalue weighted by Crippen LogP contribution is 2.30. The molecule has 3 heteroatoms. The molecule has 0 bridgehead atoms. The van der Waals surface area contributed by atoms with E-state index >= 15 is 0 Å². The van der Waals surface area contributed by atoms with Crippen LogP contribution in [0.3, 0.4) is 0 Å². The number of nitrogens with one attached hydrogen (secondary N) is 1. The molecule has 0 amide bonds. The molecule has 3 nitrogen and oxygen atoms in total. The van der Waals surface area contributed by atoms with Crippen molar-refractivity contribution in [3.8, 4) is 0 Å². The molecule has 2 aliphatic rings. The summed E-state index contributed by atoms with van der Waals surface area (Å²) in [6, 6.07) is 1.37. The van der Waals surface area contributed by atoms with Gasteiger partial charge >= 0.3 is 0 Å². The van der Waals surface area contributed by atoms with Crippen molar-refractivity contribution >= 4 is 0 Å². The largest absolute Gasteiger partial charge is 0.394 e. The monoisotopic (exact) mass is 268 g/mol. The van der Waals surface area contributed by atoms with Crippen molar-refractivity contribution < 1.29 is 5.11 Å². The molecule has 2 rings (SSSR count). The van der Waals surface area contributed by atoms with Gasteiger partial charge in [0.25, 0.3) is 0 Å². The first-order chi connectivity index (χ1) is 9.06. The quantitative estimate of drug-likeness (QED) is 0.744. The highest BCUT2D eigenvalue weighted by molar-refractivity contribution is 4.95. The van der Waals surface area contributed by atoms with Crippen molar-refractivity contribution in [1.82, 2.24) is 10.2 Å². The van der Waals surface area contributed by atoms with Crippen LogP contribution in [0.15, 0.2) is 0 Å². The van der Waals surface area contributed by atoms with Gasteiger partial charge in [-0.25, -0.2) is 0 Å². The number of rotatable bonds is 7. The SMILES string of the molecule is CCC1CCC(N(C)CC(C)(CO)NC2CC2)CC1. The van der Waals surface area contributed by atoms with E-state index in [9.17, 15) is 5.11 Å². The number of aliphatic hydroxyl groups excluding tert-OH is 1. The molecule has 0 heterocycles. The standard InChI is InChI=1S/C16H32N2O/c1-4-13-5-9-15(10-6-13)18(3)11-16(2,12-19)17-14-7-8-14/h13-15,17,19H,4-12H2,1-3H3. The molecule has 112 valence electrons. The molecule has 0 saturated heterocycles. The normalized spacial score (nSPS) is 31.4. The molecular weight excluding hydrogens is 236 g/mol. The molecule has 0 radical (unpaired) electrons. The van der Waals surface area contributed by atoms with Gasteiger partial charge in [0.1, 0.15) is 0 Å². The van der Waals surface area contributed by atoms with E-state index < -0.39 is 0 Å². The van der Waals surface area contributed by atoms with E-state index in [1.54, 1.807) is 0 Å². The molecule has 0 aliphatic heterocycles. The van der Waals surface area contributed by atoms with Gasteiger partial charge in [-0.15, -0.1) is 0 Å². The van der Waals surface area contributed by atoms with Gasteiger partial charge in [-0.1, -0.05) is 13.3 Å². The lowest BCUT2D eigenvalue weighted by Crippen LogP contribution is -2.56. The van der Waals surface area contributed by atoms with Crippen LogP contribution in [0.2, 0.25) is 0 Å². The molecule has 2 aliphatic carbocycles. The van der Waals surface area contributed by atoms with Gasteiger partial charge in [0, 0.05) is 18.6 Å². The van der Waals surface area contributed by atoms with Crippen molar-refractivity contribution in [1.29, 1.82) is 0 Å². The summed E-state index contributed by atoms with van der Waals surface area (Å²) in [5.41, 5.74) is -0.127. The minimum absolute atomic E-state index is 0.127. The van der Waals surface area contributed by atoms with Gasteiger partial charge in [-0.2, -0.15) is 0 Å². The molecule has 0 aromatic carbocycles. The lowest BCUT2D eigenvalue weighted by molar-refractivity contribution is 0.0895. The first kappa shape index (κ1) is 15.3. The number of hydrogen-bond acceptors (Lipinski definition) is 3. The van der Waals surface area contributed by atoms with Crippen LogP contribution in [-0.4, -0.2) is 47.8 Å². The topological polar surface area (TPSA) is 35.5 Å². The molecule has 0 spiro atoms. The highest BCUT2D eigenvalue weighted by atomic mass is 16.3. The smallest absolute Gasteiger partial charge is 0.0623 e. The molecule has 19 heavy (non-hydrogen) atoms. The van der Waals surface area contributed by atoms with Crippen molar-refractivity contribution in [2.45, 2.75) is 76.4 Å². The van der Waals surface area contributed by atoms with Gasteiger partial charge in [-0.3, -0.25) is 0 Å². The van der Waals surface area contributed by atoms with Crippen LogP contribution >= 0.6 is 0 Å². The Hall–Kier alpha value is -0.120. The summed E-state index contributed by atoms with van der Waals surface area (Å²) in [6.07, 6.45) is 9.34. The minimum Gasteiger partial charge on any atom is -0.394 e. The average Bonchev–Trinajstić information content (AvgIpc) is 3.22. The second kappa shape index (κ2) is 6.55. The van der Waals surface area contributed by atoms with Crippen LogP contribution in [-0.2, 0) is 0 Å². The van der Waals surface area contributed by atoms with Crippen LogP contribution in [0, 0.1) is 5.92 Å². The van der Waals surface area contributed by atoms with E-state index in [0.29, 0.717) is 6.04 Å². The Morgan fingerprint density at radius 3 is 2.26 bits per heavy atom. The predicted octanol–water partition coefficient (Wildman–Crippen LogP) is 2.39. The van der Waals surface area contributed by atoms with E-state index in [1.807, 2.05) is 0 Å². The molecule has 0 aromatic rings. The molecule has 2 saturated carbocycles. The summed E-state index contributed by atoms with van der Waals surface area (Å²) < 4.78 is 0. The Kier molecular flexibility index (Phi) is 5.27. The van der Waals surface area contributed by atoms with Crippen LogP contribution in [0.5, 0.6) is 0 Å². The summed E-state index contributed by atoms with van der Waals surface area (Å²) in [4.78, 5) is 2.48. The fourth-order valence-electron chi connectivity index (χ4n) is 3.54. The number of hydrogen-bond donors (Lipinski definition) is 2. The minimum atomic E-state index is -0.127. The van der Waals surface area contributed by atoms with E-state index in [4.69, 9.17) is 0 Å². The summed E-state index contributed by atoms with van der Waals surface area (Å²) in [7, 11) is 2.24. The summed E-state index contributed by atoms with van der Waals surface area (Å²) in [5.74, 6) is 0.957. The van der Waals surface area contributed by atoms with Gasteiger partial charge < -0.3 is 15.3 Å². The third-order valence-corrected chi connectivity index (χ3v) is 5.09. The zero-order valence-corrected chi connectivity index (χ0v) is 13.0. The Morgan fingerprint density at radius 2 is 1.79 bits per heavy atom. The average molecular weight is 268 g/mol. The van der Waals surface area contributed by atoms with Crippen molar-refractivity contribution in [2.75, 3.05) is 20.2 Å².